The normalized spacial score (nSPS) is 10.7. The number of anilines is 1. The molecule has 0 atom stereocenters. The van der Waals surface area contributed by atoms with Crippen LogP contribution >= 0.6 is 0 Å². The molecule has 0 radical (unpaired) electrons. The second-order valence-corrected chi connectivity index (χ2v) is 7.82. The van der Waals surface area contributed by atoms with Crippen LogP contribution in [-0.2, 0) is 10.0 Å². The van der Waals surface area contributed by atoms with Gasteiger partial charge in [-0.15, -0.1) is 0 Å². The number of benzene rings is 2. The summed E-state index contributed by atoms with van der Waals surface area (Å²) in [6, 6.07) is 15.8. The molecule has 154 valence electrons. The molecule has 0 bridgehead atoms. The average molecular weight is 424 g/mol. The van der Waals surface area contributed by atoms with Gasteiger partial charge in [0.25, 0.3) is 15.9 Å². The standard InChI is InChI=1S/C21H20N4O4S/c1-15(17-8-6-12-22-14-17)23-24-21(26)16-7-5-9-18(13-16)30(27,28)25-19-10-3-4-11-20(19)29-2/h3-14,23,25H,1H2,2H3,(H,24,26). The highest BCUT2D eigenvalue weighted by Gasteiger charge is 2.18. The Labute approximate surface area is 174 Å². The highest BCUT2D eigenvalue weighted by Crippen LogP contribution is 2.26. The third kappa shape index (κ3) is 4.95. The van der Waals surface area contributed by atoms with Crippen molar-refractivity contribution in [2.75, 3.05) is 11.8 Å². The number of aromatic nitrogens is 1. The van der Waals surface area contributed by atoms with E-state index < -0.39 is 15.9 Å². The number of hydrogen-bond acceptors (Lipinski definition) is 6. The van der Waals surface area contributed by atoms with Crippen molar-refractivity contribution in [2.45, 2.75) is 4.90 Å². The number of hydrazine groups is 1. The molecule has 0 saturated heterocycles. The molecule has 3 aromatic rings. The lowest BCUT2D eigenvalue weighted by molar-refractivity contribution is 0.0942. The summed E-state index contributed by atoms with van der Waals surface area (Å²) in [5.41, 5.74) is 6.79. The number of nitrogens with one attached hydrogen (secondary N) is 3. The Hall–Kier alpha value is -3.85. The van der Waals surface area contributed by atoms with Crippen LogP contribution in [0.4, 0.5) is 5.69 Å². The number of hydrogen-bond donors (Lipinski definition) is 3. The van der Waals surface area contributed by atoms with E-state index in [1.807, 2.05) is 0 Å². The van der Waals surface area contributed by atoms with Crippen molar-refractivity contribution in [1.29, 1.82) is 0 Å². The lowest BCUT2D eigenvalue weighted by Gasteiger charge is -2.13. The van der Waals surface area contributed by atoms with Crippen molar-refractivity contribution < 1.29 is 17.9 Å². The zero-order chi connectivity index (χ0) is 21.6. The number of rotatable bonds is 8. The van der Waals surface area contributed by atoms with E-state index >= 15 is 0 Å². The van der Waals surface area contributed by atoms with Crippen LogP contribution in [-0.4, -0.2) is 26.4 Å². The first-order valence-electron chi connectivity index (χ1n) is 8.82. The summed E-state index contributed by atoms with van der Waals surface area (Å²) < 4.78 is 33.2. The lowest BCUT2D eigenvalue weighted by atomic mass is 10.2. The Kier molecular flexibility index (Phi) is 6.33. The van der Waals surface area contributed by atoms with Crippen LogP contribution in [0.3, 0.4) is 0 Å². The molecule has 3 rings (SSSR count). The van der Waals surface area contributed by atoms with Crippen molar-refractivity contribution in [2.24, 2.45) is 0 Å². The first-order chi connectivity index (χ1) is 14.4. The summed E-state index contributed by atoms with van der Waals surface area (Å²) in [7, 11) is -2.48. The summed E-state index contributed by atoms with van der Waals surface area (Å²) in [6.07, 6.45) is 3.22. The molecule has 1 heterocycles. The molecular weight excluding hydrogens is 404 g/mol. The molecule has 0 saturated carbocycles. The lowest BCUT2D eigenvalue weighted by Crippen LogP contribution is -2.36. The van der Waals surface area contributed by atoms with Gasteiger partial charge in [0.2, 0.25) is 0 Å². The Morgan fingerprint density at radius 3 is 2.50 bits per heavy atom. The Bertz CT molecular complexity index is 1160. The van der Waals surface area contributed by atoms with Crippen molar-refractivity contribution in [3.05, 3.63) is 90.8 Å². The quantitative estimate of drug-likeness (QED) is 0.480. The zero-order valence-corrected chi connectivity index (χ0v) is 16.9. The van der Waals surface area contributed by atoms with Gasteiger partial charge in [-0.1, -0.05) is 24.8 Å². The van der Waals surface area contributed by atoms with E-state index in [2.05, 4.69) is 27.1 Å². The molecule has 0 unspecified atom stereocenters. The molecule has 0 fully saturated rings. The number of nitrogens with zero attached hydrogens (tertiary/aromatic N) is 1. The number of carbonyl (C=O) groups is 1. The fourth-order valence-electron chi connectivity index (χ4n) is 2.55. The highest BCUT2D eigenvalue weighted by molar-refractivity contribution is 7.92. The van der Waals surface area contributed by atoms with Gasteiger partial charge < -0.3 is 4.74 Å². The second-order valence-electron chi connectivity index (χ2n) is 6.13. The molecule has 3 N–H and O–H groups in total. The van der Waals surface area contributed by atoms with Gasteiger partial charge in [-0.2, -0.15) is 0 Å². The largest absolute Gasteiger partial charge is 0.495 e. The van der Waals surface area contributed by atoms with Crippen LogP contribution in [0.5, 0.6) is 5.75 Å². The van der Waals surface area contributed by atoms with Crippen LogP contribution in [0.25, 0.3) is 5.70 Å². The summed E-state index contributed by atoms with van der Waals surface area (Å²) in [5, 5.41) is 0. The smallest absolute Gasteiger partial charge is 0.269 e. The fraction of sp³-hybridized carbons (Fsp3) is 0.0476. The summed E-state index contributed by atoms with van der Waals surface area (Å²) >= 11 is 0. The second kappa shape index (κ2) is 9.10. The maximum atomic E-state index is 12.8. The number of sulfonamides is 1. The third-order valence-corrected chi connectivity index (χ3v) is 5.46. The van der Waals surface area contributed by atoms with E-state index in [1.165, 1.54) is 31.4 Å². The molecule has 8 nitrogen and oxygen atoms in total. The van der Waals surface area contributed by atoms with Crippen LogP contribution in [0, 0.1) is 0 Å². The minimum absolute atomic E-state index is 0.0628. The monoisotopic (exact) mass is 424 g/mol. The minimum Gasteiger partial charge on any atom is -0.495 e. The third-order valence-electron chi connectivity index (χ3n) is 4.09. The Morgan fingerprint density at radius 2 is 1.77 bits per heavy atom. The summed E-state index contributed by atoms with van der Waals surface area (Å²) in [4.78, 5) is 16.4. The molecular formula is C21H20N4O4S. The number of para-hydroxylation sites is 2. The number of pyridine rings is 1. The molecule has 0 aliphatic rings. The van der Waals surface area contributed by atoms with Crippen molar-refractivity contribution in [1.82, 2.24) is 15.8 Å². The van der Waals surface area contributed by atoms with Crippen LogP contribution in [0.1, 0.15) is 15.9 Å². The van der Waals surface area contributed by atoms with Gasteiger partial charge >= 0.3 is 0 Å². The van der Waals surface area contributed by atoms with Crippen molar-refractivity contribution in [3.8, 4) is 5.75 Å². The van der Waals surface area contributed by atoms with E-state index in [1.54, 1.807) is 48.8 Å². The van der Waals surface area contributed by atoms with Gasteiger partial charge in [0, 0.05) is 23.5 Å². The molecule has 2 aromatic carbocycles. The van der Waals surface area contributed by atoms with E-state index in [9.17, 15) is 13.2 Å². The predicted octanol–water partition coefficient (Wildman–Crippen LogP) is 2.80. The van der Waals surface area contributed by atoms with E-state index in [0.29, 0.717) is 22.7 Å². The van der Waals surface area contributed by atoms with Crippen LogP contribution in [0.15, 0.2) is 84.5 Å². The predicted molar refractivity (Wildman–Crippen MR) is 114 cm³/mol. The fourth-order valence-corrected chi connectivity index (χ4v) is 3.67. The summed E-state index contributed by atoms with van der Waals surface area (Å²) in [5.74, 6) is -0.137. The maximum absolute atomic E-state index is 12.8. The number of carbonyl (C=O) groups excluding carboxylic acids is 1. The van der Waals surface area contributed by atoms with Crippen LogP contribution in [0.2, 0.25) is 0 Å². The number of methoxy groups -OCH3 is 1. The SMILES string of the molecule is C=C(NNC(=O)c1cccc(S(=O)(=O)Nc2ccccc2OC)c1)c1cccnc1. The number of amides is 1. The van der Waals surface area contributed by atoms with Gasteiger partial charge in [0.05, 0.1) is 23.4 Å². The maximum Gasteiger partial charge on any atom is 0.269 e. The summed E-state index contributed by atoms with van der Waals surface area (Å²) in [6.45, 7) is 3.83. The molecule has 1 aromatic heterocycles. The first kappa shape index (κ1) is 20.9. The Balaban J connectivity index is 1.73. The Morgan fingerprint density at radius 1 is 1.00 bits per heavy atom. The highest BCUT2D eigenvalue weighted by atomic mass is 32.2. The van der Waals surface area contributed by atoms with Crippen molar-refractivity contribution in [3.63, 3.8) is 0 Å². The van der Waals surface area contributed by atoms with E-state index in [-0.39, 0.29) is 10.5 Å². The first-order valence-corrected chi connectivity index (χ1v) is 10.3. The zero-order valence-electron chi connectivity index (χ0n) is 16.1. The average Bonchev–Trinajstić information content (AvgIpc) is 2.78. The van der Waals surface area contributed by atoms with E-state index in [0.717, 1.165) is 0 Å². The topological polar surface area (TPSA) is 109 Å². The van der Waals surface area contributed by atoms with Crippen molar-refractivity contribution >= 4 is 27.3 Å². The van der Waals surface area contributed by atoms with Crippen LogP contribution < -0.4 is 20.3 Å². The number of ether oxygens (including phenoxy) is 1. The molecule has 0 aliphatic heterocycles. The van der Waals surface area contributed by atoms with E-state index in [4.69, 9.17) is 4.74 Å². The molecule has 0 aliphatic carbocycles. The molecule has 0 spiro atoms. The van der Waals surface area contributed by atoms with Gasteiger partial charge in [-0.05, 0) is 42.5 Å². The molecule has 9 heteroatoms. The molecule has 1 amide bonds. The van der Waals surface area contributed by atoms with Gasteiger partial charge in [0.1, 0.15) is 5.75 Å². The van der Waals surface area contributed by atoms with Gasteiger partial charge in [0.15, 0.2) is 0 Å². The van der Waals surface area contributed by atoms with Gasteiger partial charge in [-0.25, -0.2) is 8.42 Å². The van der Waals surface area contributed by atoms with Gasteiger partial charge in [-0.3, -0.25) is 25.4 Å². The minimum atomic E-state index is -3.93. The molecule has 30 heavy (non-hydrogen) atoms.